The molecule has 0 spiro atoms. The third kappa shape index (κ3) is 2.45. The first-order chi connectivity index (χ1) is 6.17. The van der Waals surface area contributed by atoms with Gasteiger partial charge in [0.1, 0.15) is 0 Å². The second-order valence-electron chi connectivity index (χ2n) is 3.84. The van der Waals surface area contributed by atoms with Crippen molar-refractivity contribution in [2.45, 2.75) is 26.7 Å². The molecule has 0 aromatic rings. The molecule has 1 rings (SSSR count). The summed E-state index contributed by atoms with van der Waals surface area (Å²) in [5, 5.41) is 8.66. The van der Waals surface area contributed by atoms with E-state index >= 15 is 0 Å². The molecule has 1 fully saturated rings. The van der Waals surface area contributed by atoms with E-state index in [2.05, 4.69) is 19.9 Å². The molecule has 1 amide bonds. The largest absolute Gasteiger partial charge is 0.341 e. The molecule has 0 aromatic carbocycles. The molecule has 1 aliphatic rings. The number of carbonyl (C=O) groups is 1. The van der Waals surface area contributed by atoms with Crippen LogP contribution in [0.5, 0.6) is 0 Å². The zero-order chi connectivity index (χ0) is 9.84. The summed E-state index contributed by atoms with van der Waals surface area (Å²) in [6.07, 6.45) is 1.51. The molecule has 1 aliphatic heterocycles. The van der Waals surface area contributed by atoms with Gasteiger partial charge in [-0.25, -0.2) is 0 Å². The van der Waals surface area contributed by atoms with Gasteiger partial charge in [0.25, 0.3) is 0 Å². The van der Waals surface area contributed by atoms with Crippen LogP contribution in [-0.4, -0.2) is 23.9 Å². The molecule has 1 saturated heterocycles. The Morgan fingerprint density at radius 3 is 2.92 bits per heavy atom. The van der Waals surface area contributed by atoms with Gasteiger partial charge in [-0.2, -0.15) is 5.26 Å². The summed E-state index contributed by atoms with van der Waals surface area (Å²) in [6, 6.07) is 2.15. The maximum absolute atomic E-state index is 11.4. The van der Waals surface area contributed by atoms with E-state index < -0.39 is 0 Å². The van der Waals surface area contributed by atoms with E-state index in [0.29, 0.717) is 18.9 Å². The summed E-state index contributed by atoms with van der Waals surface area (Å²) in [6.45, 7) is 5.70. The Balaban J connectivity index is 2.44. The molecule has 0 bridgehead atoms. The fourth-order valence-electron chi connectivity index (χ4n) is 1.54. The third-order valence-corrected chi connectivity index (χ3v) is 2.63. The van der Waals surface area contributed by atoms with Crippen LogP contribution in [0.1, 0.15) is 26.7 Å². The standard InChI is InChI=1S/C10H16N2O/c1-3-8(2)6-12-7-9(5-11)4-10(12)13/h8-9H,3-4,6-7H2,1-2H3. The molecule has 0 saturated carbocycles. The van der Waals surface area contributed by atoms with Crippen LogP contribution in [0.3, 0.4) is 0 Å². The number of nitriles is 1. The van der Waals surface area contributed by atoms with Crippen LogP contribution in [0.25, 0.3) is 0 Å². The average molecular weight is 180 g/mol. The van der Waals surface area contributed by atoms with Crippen LogP contribution in [0.2, 0.25) is 0 Å². The highest BCUT2D eigenvalue weighted by atomic mass is 16.2. The van der Waals surface area contributed by atoms with Gasteiger partial charge in [-0.1, -0.05) is 20.3 Å². The fraction of sp³-hybridized carbons (Fsp3) is 0.800. The second-order valence-corrected chi connectivity index (χ2v) is 3.84. The van der Waals surface area contributed by atoms with Gasteiger partial charge in [0.15, 0.2) is 0 Å². The van der Waals surface area contributed by atoms with Gasteiger partial charge in [-0.15, -0.1) is 0 Å². The van der Waals surface area contributed by atoms with Crippen molar-refractivity contribution in [3.8, 4) is 6.07 Å². The van der Waals surface area contributed by atoms with Gasteiger partial charge in [0, 0.05) is 19.5 Å². The Bertz CT molecular complexity index is 232. The number of carbonyl (C=O) groups excluding carboxylic acids is 1. The van der Waals surface area contributed by atoms with Gasteiger partial charge in [-0.05, 0) is 5.92 Å². The number of hydrogen-bond acceptors (Lipinski definition) is 2. The van der Waals surface area contributed by atoms with Crippen LogP contribution in [0.4, 0.5) is 0 Å². The van der Waals surface area contributed by atoms with Crippen molar-refractivity contribution in [3.05, 3.63) is 0 Å². The monoisotopic (exact) mass is 180 g/mol. The molecule has 0 radical (unpaired) electrons. The summed E-state index contributed by atoms with van der Waals surface area (Å²) in [4.78, 5) is 13.2. The lowest BCUT2D eigenvalue weighted by atomic mass is 10.1. The number of nitrogens with zero attached hydrogens (tertiary/aromatic N) is 2. The Morgan fingerprint density at radius 1 is 1.77 bits per heavy atom. The van der Waals surface area contributed by atoms with Gasteiger partial charge in [-0.3, -0.25) is 4.79 Å². The summed E-state index contributed by atoms with van der Waals surface area (Å²) in [7, 11) is 0. The lowest BCUT2D eigenvalue weighted by molar-refractivity contribution is -0.128. The minimum atomic E-state index is -0.0726. The first kappa shape index (κ1) is 10.0. The predicted molar refractivity (Wildman–Crippen MR) is 49.8 cm³/mol. The van der Waals surface area contributed by atoms with Gasteiger partial charge < -0.3 is 4.90 Å². The van der Waals surface area contributed by atoms with Crippen LogP contribution in [-0.2, 0) is 4.79 Å². The van der Waals surface area contributed by atoms with Crippen LogP contribution >= 0.6 is 0 Å². The molecule has 72 valence electrons. The molecule has 3 heteroatoms. The SMILES string of the molecule is CCC(C)CN1CC(C#N)CC1=O. The Morgan fingerprint density at radius 2 is 2.46 bits per heavy atom. The first-order valence-corrected chi connectivity index (χ1v) is 4.84. The Kier molecular flexibility index (Phi) is 3.30. The maximum Gasteiger partial charge on any atom is 0.224 e. The quantitative estimate of drug-likeness (QED) is 0.659. The van der Waals surface area contributed by atoms with Gasteiger partial charge in [0.05, 0.1) is 12.0 Å². The molecule has 2 atom stereocenters. The molecule has 2 unspecified atom stereocenters. The summed E-state index contributed by atoms with van der Waals surface area (Å²) >= 11 is 0. The number of amides is 1. The van der Waals surface area contributed by atoms with Gasteiger partial charge >= 0.3 is 0 Å². The molecule has 1 heterocycles. The van der Waals surface area contributed by atoms with Crippen LogP contribution in [0.15, 0.2) is 0 Å². The highest BCUT2D eigenvalue weighted by Crippen LogP contribution is 2.18. The topological polar surface area (TPSA) is 44.1 Å². The lowest BCUT2D eigenvalue weighted by Crippen LogP contribution is -2.29. The summed E-state index contributed by atoms with van der Waals surface area (Å²) in [5.74, 6) is 0.616. The van der Waals surface area contributed by atoms with E-state index in [1.165, 1.54) is 0 Å². The zero-order valence-electron chi connectivity index (χ0n) is 8.29. The first-order valence-electron chi connectivity index (χ1n) is 4.84. The second kappa shape index (κ2) is 4.27. The van der Waals surface area contributed by atoms with E-state index in [1.807, 2.05) is 4.90 Å². The molecular formula is C10H16N2O. The van der Waals surface area contributed by atoms with Crippen molar-refractivity contribution in [1.82, 2.24) is 4.90 Å². The fourth-order valence-corrected chi connectivity index (χ4v) is 1.54. The van der Waals surface area contributed by atoms with Crippen molar-refractivity contribution >= 4 is 5.91 Å². The Hall–Kier alpha value is -1.04. The normalized spacial score (nSPS) is 24.5. The van der Waals surface area contributed by atoms with Crippen LogP contribution in [0, 0.1) is 23.2 Å². The molecular weight excluding hydrogens is 164 g/mol. The van der Waals surface area contributed by atoms with E-state index in [9.17, 15) is 4.79 Å². The molecule has 0 aromatic heterocycles. The smallest absolute Gasteiger partial charge is 0.224 e. The average Bonchev–Trinajstić information content (AvgIpc) is 2.47. The molecule has 0 aliphatic carbocycles. The van der Waals surface area contributed by atoms with Crippen molar-refractivity contribution in [2.75, 3.05) is 13.1 Å². The summed E-state index contributed by atoms with van der Waals surface area (Å²) in [5.41, 5.74) is 0. The minimum Gasteiger partial charge on any atom is -0.341 e. The van der Waals surface area contributed by atoms with E-state index in [1.54, 1.807) is 0 Å². The van der Waals surface area contributed by atoms with Crippen molar-refractivity contribution in [1.29, 1.82) is 5.26 Å². The van der Waals surface area contributed by atoms with Crippen LogP contribution < -0.4 is 0 Å². The molecule has 13 heavy (non-hydrogen) atoms. The number of hydrogen-bond donors (Lipinski definition) is 0. The van der Waals surface area contributed by atoms with Crippen molar-refractivity contribution in [2.24, 2.45) is 11.8 Å². The Labute approximate surface area is 79.3 Å². The van der Waals surface area contributed by atoms with Crippen molar-refractivity contribution in [3.63, 3.8) is 0 Å². The molecule has 0 N–H and O–H groups in total. The number of rotatable bonds is 3. The highest BCUT2D eigenvalue weighted by molar-refractivity contribution is 5.79. The summed E-state index contributed by atoms with van der Waals surface area (Å²) < 4.78 is 0. The highest BCUT2D eigenvalue weighted by Gasteiger charge is 2.29. The number of likely N-dealkylation sites (tertiary alicyclic amines) is 1. The van der Waals surface area contributed by atoms with E-state index in [-0.39, 0.29) is 11.8 Å². The predicted octanol–water partition coefficient (Wildman–Crippen LogP) is 1.40. The van der Waals surface area contributed by atoms with E-state index in [0.717, 1.165) is 13.0 Å². The zero-order valence-corrected chi connectivity index (χ0v) is 8.29. The van der Waals surface area contributed by atoms with E-state index in [4.69, 9.17) is 5.26 Å². The lowest BCUT2D eigenvalue weighted by Gasteiger charge is -2.19. The van der Waals surface area contributed by atoms with Gasteiger partial charge in [0.2, 0.25) is 5.91 Å². The van der Waals surface area contributed by atoms with Crippen molar-refractivity contribution < 1.29 is 4.79 Å². The third-order valence-electron chi connectivity index (χ3n) is 2.63. The minimum absolute atomic E-state index is 0.0726. The molecule has 3 nitrogen and oxygen atoms in total. The maximum atomic E-state index is 11.4.